The van der Waals surface area contributed by atoms with Gasteiger partial charge in [-0.15, -0.1) is 11.3 Å². The number of likely N-dealkylation sites (N-methyl/N-ethyl adjacent to an activating group) is 1. The standard InChI is InChI=1S/C15H15ClFN3S/c1-2-18-13(11-4-3-5-12(17)14(11)16)8-10-9-20-6-7-21-15(20)19-10/h3-7,9,13,18H,2,8H2,1H3. The fourth-order valence-corrected chi connectivity index (χ4v) is 3.39. The van der Waals surface area contributed by atoms with Gasteiger partial charge in [-0.1, -0.05) is 30.7 Å². The Hall–Kier alpha value is -1.43. The number of aromatic nitrogens is 2. The molecule has 1 N–H and O–H groups in total. The number of rotatable bonds is 5. The minimum Gasteiger partial charge on any atom is -0.310 e. The Morgan fingerprint density at radius 3 is 3.10 bits per heavy atom. The molecule has 0 fully saturated rings. The number of benzene rings is 1. The van der Waals surface area contributed by atoms with Crippen LogP contribution in [0.1, 0.15) is 24.2 Å². The Balaban J connectivity index is 1.90. The van der Waals surface area contributed by atoms with Gasteiger partial charge in [0, 0.05) is 30.2 Å². The highest BCUT2D eigenvalue weighted by atomic mass is 35.5. The van der Waals surface area contributed by atoms with E-state index in [1.54, 1.807) is 17.4 Å². The lowest BCUT2D eigenvalue weighted by atomic mass is 10.0. The van der Waals surface area contributed by atoms with E-state index in [1.165, 1.54) is 6.07 Å². The number of fused-ring (bicyclic) bond motifs is 1. The van der Waals surface area contributed by atoms with Crippen LogP contribution in [0.4, 0.5) is 4.39 Å². The molecule has 1 atom stereocenters. The zero-order valence-corrected chi connectivity index (χ0v) is 13.1. The summed E-state index contributed by atoms with van der Waals surface area (Å²) >= 11 is 7.70. The molecular formula is C15H15ClFN3S. The highest BCUT2D eigenvalue weighted by Gasteiger charge is 2.18. The van der Waals surface area contributed by atoms with Gasteiger partial charge in [-0.3, -0.25) is 4.40 Å². The molecule has 0 radical (unpaired) electrons. The van der Waals surface area contributed by atoms with E-state index in [-0.39, 0.29) is 16.9 Å². The Morgan fingerprint density at radius 2 is 2.33 bits per heavy atom. The molecule has 0 saturated heterocycles. The largest absolute Gasteiger partial charge is 0.310 e. The highest BCUT2D eigenvalue weighted by Crippen LogP contribution is 2.28. The number of hydrogen-bond acceptors (Lipinski definition) is 3. The zero-order chi connectivity index (χ0) is 14.8. The van der Waals surface area contributed by atoms with Crippen LogP contribution < -0.4 is 5.32 Å². The minimum atomic E-state index is -0.386. The molecule has 0 saturated carbocycles. The van der Waals surface area contributed by atoms with E-state index in [4.69, 9.17) is 11.6 Å². The van der Waals surface area contributed by atoms with Crippen LogP contribution in [0.3, 0.4) is 0 Å². The predicted octanol–water partition coefficient (Wildman–Crippen LogP) is 4.08. The van der Waals surface area contributed by atoms with Gasteiger partial charge in [-0.25, -0.2) is 9.37 Å². The van der Waals surface area contributed by atoms with Crippen molar-refractivity contribution in [2.75, 3.05) is 6.54 Å². The Morgan fingerprint density at radius 1 is 1.48 bits per heavy atom. The number of nitrogens with zero attached hydrogens (tertiary/aromatic N) is 2. The lowest BCUT2D eigenvalue weighted by Crippen LogP contribution is -2.23. The lowest BCUT2D eigenvalue weighted by molar-refractivity contribution is 0.539. The van der Waals surface area contributed by atoms with Crippen LogP contribution in [0.2, 0.25) is 5.02 Å². The van der Waals surface area contributed by atoms with Crippen LogP contribution in [0, 0.1) is 5.82 Å². The summed E-state index contributed by atoms with van der Waals surface area (Å²) < 4.78 is 15.7. The molecule has 0 amide bonds. The van der Waals surface area contributed by atoms with Crippen LogP contribution >= 0.6 is 22.9 Å². The summed E-state index contributed by atoms with van der Waals surface area (Å²) in [6, 6.07) is 4.87. The normalized spacial score (nSPS) is 12.9. The first-order valence-electron chi connectivity index (χ1n) is 6.77. The zero-order valence-electron chi connectivity index (χ0n) is 11.5. The molecule has 3 nitrogen and oxygen atoms in total. The monoisotopic (exact) mass is 323 g/mol. The summed E-state index contributed by atoms with van der Waals surface area (Å²) in [6.45, 7) is 2.80. The maximum absolute atomic E-state index is 13.7. The van der Waals surface area contributed by atoms with Crippen molar-refractivity contribution in [1.29, 1.82) is 0 Å². The molecule has 1 aromatic carbocycles. The highest BCUT2D eigenvalue weighted by molar-refractivity contribution is 7.15. The van der Waals surface area contributed by atoms with E-state index in [2.05, 4.69) is 10.3 Å². The van der Waals surface area contributed by atoms with Crippen molar-refractivity contribution in [2.24, 2.45) is 0 Å². The first kappa shape index (κ1) is 14.5. The molecule has 2 heterocycles. The first-order chi connectivity index (χ1) is 10.2. The average Bonchev–Trinajstić information content (AvgIpc) is 3.02. The minimum absolute atomic E-state index is 0.0530. The van der Waals surface area contributed by atoms with Gasteiger partial charge in [0.25, 0.3) is 0 Å². The predicted molar refractivity (Wildman–Crippen MR) is 84.6 cm³/mol. The molecular weight excluding hydrogens is 309 g/mol. The Labute approximate surface area is 131 Å². The van der Waals surface area contributed by atoms with Crippen molar-refractivity contribution < 1.29 is 4.39 Å². The van der Waals surface area contributed by atoms with Gasteiger partial charge in [-0.05, 0) is 18.2 Å². The van der Waals surface area contributed by atoms with Crippen LogP contribution in [0.25, 0.3) is 4.96 Å². The quantitative estimate of drug-likeness (QED) is 0.766. The maximum atomic E-state index is 13.7. The third-order valence-electron chi connectivity index (χ3n) is 3.36. The molecule has 2 aromatic heterocycles. The molecule has 110 valence electrons. The van der Waals surface area contributed by atoms with Crippen molar-refractivity contribution >= 4 is 27.9 Å². The van der Waals surface area contributed by atoms with Crippen molar-refractivity contribution in [2.45, 2.75) is 19.4 Å². The van der Waals surface area contributed by atoms with Gasteiger partial charge >= 0.3 is 0 Å². The van der Waals surface area contributed by atoms with E-state index in [0.717, 1.165) is 22.8 Å². The third kappa shape index (κ3) is 2.95. The summed E-state index contributed by atoms with van der Waals surface area (Å²) in [6.07, 6.45) is 4.66. The van der Waals surface area contributed by atoms with E-state index in [1.807, 2.05) is 35.2 Å². The lowest BCUT2D eigenvalue weighted by Gasteiger charge is -2.18. The molecule has 0 spiro atoms. The van der Waals surface area contributed by atoms with Crippen molar-refractivity contribution in [1.82, 2.24) is 14.7 Å². The van der Waals surface area contributed by atoms with Crippen LogP contribution in [0.15, 0.2) is 36.0 Å². The fourth-order valence-electron chi connectivity index (χ4n) is 2.41. The molecule has 0 aliphatic rings. The average molecular weight is 324 g/mol. The van der Waals surface area contributed by atoms with E-state index in [9.17, 15) is 4.39 Å². The smallest absolute Gasteiger partial charge is 0.193 e. The number of imidazole rings is 1. The summed E-state index contributed by atoms with van der Waals surface area (Å²) in [7, 11) is 0. The maximum Gasteiger partial charge on any atom is 0.193 e. The second-order valence-corrected chi connectivity index (χ2v) is 6.03. The van der Waals surface area contributed by atoms with Gasteiger partial charge in [0.15, 0.2) is 4.96 Å². The molecule has 0 aliphatic heterocycles. The van der Waals surface area contributed by atoms with Crippen LogP contribution in [0.5, 0.6) is 0 Å². The van der Waals surface area contributed by atoms with Gasteiger partial charge in [0.05, 0.1) is 10.7 Å². The SMILES string of the molecule is CCNC(Cc1cn2ccsc2n1)c1cccc(F)c1Cl. The molecule has 1 unspecified atom stereocenters. The summed E-state index contributed by atoms with van der Waals surface area (Å²) in [5, 5.41) is 5.54. The molecule has 0 aliphatic carbocycles. The van der Waals surface area contributed by atoms with E-state index in [0.29, 0.717) is 6.42 Å². The summed E-state index contributed by atoms with van der Waals surface area (Å²) in [5.74, 6) is -0.386. The molecule has 3 aromatic rings. The molecule has 6 heteroatoms. The van der Waals surface area contributed by atoms with Gasteiger partial charge in [0.1, 0.15) is 5.82 Å². The molecule has 21 heavy (non-hydrogen) atoms. The number of hydrogen-bond donors (Lipinski definition) is 1. The summed E-state index contributed by atoms with van der Waals surface area (Å²) in [5.41, 5.74) is 1.74. The van der Waals surface area contributed by atoms with Gasteiger partial charge in [-0.2, -0.15) is 0 Å². The second-order valence-electron chi connectivity index (χ2n) is 4.78. The Bertz CT molecular complexity index is 724. The fraction of sp³-hybridized carbons (Fsp3) is 0.267. The number of thiazole rings is 1. The van der Waals surface area contributed by atoms with Crippen LogP contribution in [-0.4, -0.2) is 15.9 Å². The Kier molecular flexibility index (Phi) is 4.24. The topological polar surface area (TPSA) is 29.3 Å². The van der Waals surface area contributed by atoms with Crippen molar-refractivity contribution in [3.8, 4) is 0 Å². The summed E-state index contributed by atoms with van der Waals surface area (Å²) in [4.78, 5) is 5.54. The van der Waals surface area contributed by atoms with Crippen LogP contribution in [-0.2, 0) is 6.42 Å². The van der Waals surface area contributed by atoms with Gasteiger partial charge in [0.2, 0.25) is 0 Å². The number of halogens is 2. The van der Waals surface area contributed by atoms with Gasteiger partial charge < -0.3 is 5.32 Å². The molecule has 0 bridgehead atoms. The second kappa shape index (κ2) is 6.13. The molecule has 3 rings (SSSR count). The van der Waals surface area contributed by atoms with E-state index < -0.39 is 0 Å². The third-order valence-corrected chi connectivity index (χ3v) is 4.53. The first-order valence-corrected chi connectivity index (χ1v) is 8.03. The van der Waals surface area contributed by atoms with Crippen molar-refractivity contribution in [3.05, 3.63) is 58.1 Å². The number of nitrogens with one attached hydrogen (secondary N) is 1. The van der Waals surface area contributed by atoms with E-state index >= 15 is 0 Å². The van der Waals surface area contributed by atoms with Crippen molar-refractivity contribution in [3.63, 3.8) is 0 Å².